The van der Waals surface area contributed by atoms with E-state index in [0.29, 0.717) is 0 Å². The van der Waals surface area contributed by atoms with Gasteiger partial charge in [0.15, 0.2) is 5.69 Å². The first-order valence-corrected chi connectivity index (χ1v) is 8.11. The van der Waals surface area contributed by atoms with E-state index in [-0.39, 0.29) is 38.6 Å². The highest BCUT2D eigenvalue weighted by Gasteiger charge is 2.26. The Kier molecular flexibility index (Phi) is 6.10. The Balaban J connectivity index is 2.43. The zero-order chi connectivity index (χ0) is 18.7. The molecule has 1 unspecified atom stereocenters. The molecule has 0 saturated heterocycles. The van der Waals surface area contributed by atoms with Gasteiger partial charge in [0.25, 0.3) is 0 Å². The largest absolute Gasteiger partial charge is 0.463 e. The molecule has 0 amide bonds. The van der Waals surface area contributed by atoms with Crippen molar-refractivity contribution >= 4 is 46.5 Å². The number of aromatic nitrogens is 2. The third-order valence-corrected chi connectivity index (χ3v) is 4.34. The maximum Gasteiger partial charge on any atom is 0.349 e. The van der Waals surface area contributed by atoms with Crippen LogP contribution >= 0.6 is 34.8 Å². The second kappa shape index (κ2) is 7.90. The number of carbonyl (C=O) groups is 1. The van der Waals surface area contributed by atoms with Crippen molar-refractivity contribution in [1.82, 2.24) is 9.94 Å². The summed E-state index contributed by atoms with van der Waals surface area (Å²) < 4.78 is 4.80. The Morgan fingerprint density at radius 2 is 2.04 bits per heavy atom. The zero-order valence-electron chi connectivity index (χ0n) is 13.0. The summed E-state index contributed by atoms with van der Waals surface area (Å²) in [6, 6.07) is 2.89. The quantitative estimate of drug-likeness (QED) is 0.312. The Hall–Kier alpha value is -2.03. The molecule has 1 atom stereocenters. The van der Waals surface area contributed by atoms with Crippen LogP contribution in [0.1, 0.15) is 13.8 Å². The van der Waals surface area contributed by atoms with Crippen LogP contribution in [-0.2, 0) is 9.53 Å². The maximum atomic E-state index is 11.6. The van der Waals surface area contributed by atoms with Crippen molar-refractivity contribution in [2.24, 2.45) is 0 Å². The lowest BCUT2D eigenvalue weighted by molar-refractivity contribution is -0.384. The average Bonchev–Trinajstić information content (AvgIpc) is 2.96. The van der Waals surface area contributed by atoms with Gasteiger partial charge in [0.05, 0.1) is 26.6 Å². The molecule has 1 aromatic carbocycles. The molecule has 0 bridgehead atoms. The first-order chi connectivity index (χ1) is 11.8. The van der Waals surface area contributed by atoms with Gasteiger partial charge in [0.1, 0.15) is 6.20 Å². The first-order valence-electron chi connectivity index (χ1n) is 6.98. The van der Waals surface area contributed by atoms with Crippen molar-refractivity contribution in [1.29, 1.82) is 0 Å². The van der Waals surface area contributed by atoms with Gasteiger partial charge in [-0.25, -0.2) is 4.79 Å². The number of halogens is 3. The standard InChI is InChI=1S/C14H12Cl3N3O5/c1-3-24-14(21)7(2)25-19-6-10(20(22)23)13(18-19)8-4-5-9(15)12(17)11(8)16/h4-7H,3H2,1-2H3. The molecule has 0 radical (unpaired) electrons. The molecule has 0 aliphatic heterocycles. The summed E-state index contributed by atoms with van der Waals surface area (Å²) in [5.41, 5.74) is -0.255. The van der Waals surface area contributed by atoms with Crippen LogP contribution in [0.4, 0.5) is 5.69 Å². The lowest BCUT2D eigenvalue weighted by atomic mass is 10.1. The predicted octanol–water partition coefficient (Wildman–Crippen LogP) is 3.80. The number of ether oxygens (including phenoxy) is 1. The molecule has 0 spiro atoms. The molecule has 1 heterocycles. The summed E-state index contributed by atoms with van der Waals surface area (Å²) in [5, 5.41) is 15.5. The molecular formula is C14H12Cl3N3O5. The van der Waals surface area contributed by atoms with E-state index in [4.69, 9.17) is 44.4 Å². The molecule has 134 valence electrons. The first kappa shape index (κ1) is 19.3. The molecule has 0 fully saturated rings. The highest BCUT2D eigenvalue weighted by molar-refractivity contribution is 6.49. The highest BCUT2D eigenvalue weighted by atomic mass is 35.5. The van der Waals surface area contributed by atoms with E-state index in [9.17, 15) is 14.9 Å². The second-order valence-electron chi connectivity index (χ2n) is 4.75. The molecule has 0 N–H and O–H groups in total. The number of nitrogens with zero attached hydrogens (tertiary/aromatic N) is 3. The van der Waals surface area contributed by atoms with Crippen molar-refractivity contribution < 1.29 is 19.3 Å². The smallest absolute Gasteiger partial charge is 0.349 e. The molecule has 0 saturated carbocycles. The molecule has 25 heavy (non-hydrogen) atoms. The van der Waals surface area contributed by atoms with Crippen LogP contribution < -0.4 is 4.84 Å². The normalized spacial score (nSPS) is 11.9. The lowest BCUT2D eigenvalue weighted by Gasteiger charge is -2.11. The maximum absolute atomic E-state index is 11.6. The van der Waals surface area contributed by atoms with Crippen molar-refractivity contribution in [2.45, 2.75) is 20.0 Å². The molecule has 2 aromatic rings. The summed E-state index contributed by atoms with van der Waals surface area (Å²) >= 11 is 17.9. The molecule has 2 rings (SSSR count). The van der Waals surface area contributed by atoms with E-state index in [1.54, 1.807) is 6.92 Å². The molecule has 0 aliphatic carbocycles. The zero-order valence-corrected chi connectivity index (χ0v) is 15.3. The van der Waals surface area contributed by atoms with E-state index in [1.807, 2.05) is 0 Å². The Bertz CT molecular complexity index is 824. The van der Waals surface area contributed by atoms with Crippen LogP contribution in [0.2, 0.25) is 15.1 Å². The molecule has 1 aromatic heterocycles. The fraction of sp³-hybridized carbons (Fsp3) is 0.286. The van der Waals surface area contributed by atoms with Gasteiger partial charge in [0, 0.05) is 5.56 Å². The number of carbonyl (C=O) groups excluding carboxylic acids is 1. The van der Waals surface area contributed by atoms with Gasteiger partial charge in [-0.2, -0.15) is 0 Å². The van der Waals surface area contributed by atoms with Crippen molar-refractivity contribution in [3.8, 4) is 11.3 Å². The second-order valence-corrected chi connectivity index (χ2v) is 5.91. The molecular weight excluding hydrogens is 397 g/mol. The van der Waals surface area contributed by atoms with Crippen LogP contribution in [0, 0.1) is 10.1 Å². The summed E-state index contributed by atoms with van der Waals surface area (Å²) in [4.78, 5) is 28.3. The van der Waals surface area contributed by atoms with Gasteiger partial charge in [-0.15, -0.1) is 5.10 Å². The third-order valence-electron chi connectivity index (χ3n) is 3.05. The monoisotopic (exact) mass is 407 g/mol. The van der Waals surface area contributed by atoms with E-state index >= 15 is 0 Å². The van der Waals surface area contributed by atoms with Crippen LogP contribution in [0.5, 0.6) is 0 Å². The lowest BCUT2D eigenvalue weighted by Crippen LogP contribution is -2.32. The summed E-state index contributed by atoms with van der Waals surface area (Å²) in [6.07, 6.45) is 0.000704. The van der Waals surface area contributed by atoms with E-state index in [0.717, 1.165) is 11.0 Å². The van der Waals surface area contributed by atoms with Gasteiger partial charge in [-0.05, 0) is 26.0 Å². The minimum atomic E-state index is -1.02. The van der Waals surface area contributed by atoms with Gasteiger partial charge in [-0.1, -0.05) is 39.6 Å². The molecule has 11 heteroatoms. The SMILES string of the molecule is CCOC(=O)C(C)On1cc([N+](=O)[O-])c(-c2ccc(Cl)c(Cl)c2Cl)n1. The summed E-state index contributed by atoms with van der Waals surface area (Å²) in [5.74, 6) is -0.630. The minimum absolute atomic E-state index is 0.0148. The Labute approximate surface area is 157 Å². The molecule has 8 nitrogen and oxygen atoms in total. The Morgan fingerprint density at radius 3 is 2.64 bits per heavy atom. The molecule has 0 aliphatic rings. The fourth-order valence-corrected chi connectivity index (χ4v) is 2.52. The number of nitro groups is 1. The minimum Gasteiger partial charge on any atom is -0.463 e. The number of esters is 1. The Morgan fingerprint density at radius 1 is 1.36 bits per heavy atom. The number of hydrogen-bond donors (Lipinski definition) is 0. The number of hydrogen-bond acceptors (Lipinski definition) is 6. The summed E-state index contributed by atoms with van der Waals surface area (Å²) in [7, 11) is 0. The topological polar surface area (TPSA) is 96.5 Å². The van der Waals surface area contributed by atoms with E-state index in [1.165, 1.54) is 19.1 Å². The van der Waals surface area contributed by atoms with Crippen LogP contribution in [-0.4, -0.2) is 33.5 Å². The van der Waals surface area contributed by atoms with Crippen molar-refractivity contribution in [3.63, 3.8) is 0 Å². The van der Waals surface area contributed by atoms with E-state index in [2.05, 4.69) is 5.10 Å². The van der Waals surface area contributed by atoms with E-state index < -0.39 is 17.0 Å². The number of benzene rings is 1. The van der Waals surface area contributed by atoms with Crippen molar-refractivity contribution in [2.75, 3.05) is 6.61 Å². The van der Waals surface area contributed by atoms with Crippen LogP contribution in [0.15, 0.2) is 18.3 Å². The van der Waals surface area contributed by atoms with Crippen LogP contribution in [0.25, 0.3) is 11.3 Å². The van der Waals surface area contributed by atoms with Crippen LogP contribution in [0.3, 0.4) is 0 Å². The van der Waals surface area contributed by atoms with Gasteiger partial charge < -0.3 is 9.57 Å². The van der Waals surface area contributed by atoms with Gasteiger partial charge in [-0.3, -0.25) is 10.1 Å². The highest BCUT2D eigenvalue weighted by Crippen LogP contribution is 2.40. The summed E-state index contributed by atoms with van der Waals surface area (Å²) in [6.45, 7) is 3.25. The van der Waals surface area contributed by atoms with Crippen molar-refractivity contribution in [3.05, 3.63) is 43.5 Å². The fourth-order valence-electron chi connectivity index (χ4n) is 1.90. The number of rotatable bonds is 6. The predicted molar refractivity (Wildman–Crippen MR) is 92.0 cm³/mol. The third kappa shape index (κ3) is 4.15. The van der Waals surface area contributed by atoms with Gasteiger partial charge >= 0.3 is 11.7 Å². The van der Waals surface area contributed by atoms with Gasteiger partial charge in [0.2, 0.25) is 6.10 Å². The average molecular weight is 409 g/mol.